The molecule has 0 radical (unpaired) electrons. The second kappa shape index (κ2) is 7.28. The van der Waals surface area contributed by atoms with E-state index in [2.05, 4.69) is 20.5 Å². The van der Waals surface area contributed by atoms with Gasteiger partial charge in [-0.2, -0.15) is 5.10 Å². The molecule has 3 aromatic heterocycles. The lowest BCUT2D eigenvalue weighted by Gasteiger charge is -2.05. The molecule has 0 fully saturated rings. The Morgan fingerprint density at radius 2 is 2.11 bits per heavy atom. The van der Waals surface area contributed by atoms with E-state index in [-0.39, 0.29) is 5.91 Å². The number of imidazole rings is 1. The van der Waals surface area contributed by atoms with E-state index >= 15 is 0 Å². The number of methoxy groups -OCH3 is 1. The zero-order chi connectivity index (χ0) is 19.7. The van der Waals surface area contributed by atoms with Crippen LogP contribution in [0, 0.1) is 6.92 Å². The lowest BCUT2D eigenvalue weighted by Crippen LogP contribution is -2.20. The number of pyridine rings is 2. The van der Waals surface area contributed by atoms with Crippen LogP contribution in [0.4, 0.5) is 0 Å². The smallest absolute Gasteiger partial charge is 0.290 e. The highest BCUT2D eigenvalue weighted by atomic mass is 35.5. The van der Waals surface area contributed by atoms with Crippen molar-refractivity contribution in [3.05, 3.63) is 70.8 Å². The van der Waals surface area contributed by atoms with Crippen LogP contribution in [0.3, 0.4) is 0 Å². The number of hydrogen-bond acceptors (Lipinski definition) is 5. The zero-order valence-electron chi connectivity index (χ0n) is 15.2. The fourth-order valence-electron chi connectivity index (χ4n) is 2.97. The molecule has 4 rings (SSSR count). The summed E-state index contributed by atoms with van der Waals surface area (Å²) < 4.78 is 6.95. The van der Waals surface area contributed by atoms with Gasteiger partial charge in [-0.3, -0.25) is 9.20 Å². The fourth-order valence-corrected chi connectivity index (χ4v) is 3.16. The summed E-state index contributed by atoms with van der Waals surface area (Å²) in [4.78, 5) is 21.3. The Kier molecular flexibility index (Phi) is 4.67. The molecule has 1 aromatic carbocycles. The highest BCUT2D eigenvalue weighted by Crippen LogP contribution is 2.23. The lowest BCUT2D eigenvalue weighted by atomic mass is 10.1. The summed E-state index contributed by atoms with van der Waals surface area (Å²) in [6.45, 7) is 1.78. The Labute approximate surface area is 165 Å². The molecule has 0 spiro atoms. The monoisotopic (exact) mass is 393 g/mol. The second-order valence-corrected chi connectivity index (χ2v) is 6.46. The Morgan fingerprint density at radius 3 is 2.93 bits per heavy atom. The number of ether oxygens (including phenoxy) is 1. The standard InChI is InChI=1S/C20H16ClN5O2/c1-12-18(26-8-4-3-5-17(26)23-12)20(27)25-22-11-14-9-13-10-15(28-2)6-7-16(13)24-19(14)21/h3-11H,1-2H3,(H,25,27)/b22-11-. The number of carbonyl (C=O) groups excluding carboxylic acids is 1. The fraction of sp³-hybridized carbons (Fsp3) is 0.100. The van der Waals surface area contributed by atoms with Crippen LogP contribution in [0.25, 0.3) is 16.6 Å². The van der Waals surface area contributed by atoms with Gasteiger partial charge in [0, 0.05) is 17.1 Å². The third-order valence-corrected chi connectivity index (χ3v) is 4.59. The summed E-state index contributed by atoms with van der Waals surface area (Å²) >= 11 is 6.23. The number of hydrogen-bond donors (Lipinski definition) is 1. The molecule has 0 aliphatic heterocycles. The molecule has 4 aromatic rings. The summed E-state index contributed by atoms with van der Waals surface area (Å²) in [7, 11) is 1.60. The van der Waals surface area contributed by atoms with E-state index in [9.17, 15) is 4.79 Å². The number of aromatic nitrogens is 3. The Hall–Kier alpha value is -3.45. The Balaban J connectivity index is 1.59. The number of aryl methyl sites for hydroxylation is 1. The maximum Gasteiger partial charge on any atom is 0.290 e. The molecule has 0 saturated heterocycles. The van der Waals surface area contributed by atoms with Gasteiger partial charge in [-0.25, -0.2) is 15.4 Å². The average Bonchev–Trinajstić information content (AvgIpc) is 3.03. The van der Waals surface area contributed by atoms with Crippen LogP contribution in [0.2, 0.25) is 5.15 Å². The first kappa shape index (κ1) is 17.9. The van der Waals surface area contributed by atoms with E-state index in [0.29, 0.717) is 27.8 Å². The van der Waals surface area contributed by atoms with Gasteiger partial charge >= 0.3 is 0 Å². The number of carbonyl (C=O) groups is 1. The highest BCUT2D eigenvalue weighted by Gasteiger charge is 2.15. The van der Waals surface area contributed by atoms with Crippen LogP contribution in [-0.4, -0.2) is 33.6 Å². The van der Waals surface area contributed by atoms with E-state index in [1.807, 2.05) is 42.5 Å². The predicted molar refractivity (Wildman–Crippen MR) is 108 cm³/mol. The van der Waals surface area contributed by atoms with E-state index in [0.717, 1.165) is 16.7 Å². The van der Waals surface area contributed by atoms with E-state index < -0.39 is 0 Å². The molecule has 8 heteroatoms. The van der Waals surface area contributed by atoms with Crippen LogP contribution in [0.15, 0.2) is 53.8 Å². The van der Waals surface area contributed by atoms with Crippen molar-refractivity contribution in [2.45, 2.75) is 6.92 Å². The second-order valence-electron chi connectivity index (χ2n) is 6.10. The van der Waals surface area contributed by atoms with Crippen LogP contribution < -0.4 is 10.2 Å². The molecule has 0 aliphatic rings. The lowest BCUT2D eigenvalue weighted by molar-refractivity contribution is 0.0948. The Bertz CT molecular complexity index is 1230. The van der Waals surface area contributed by atoms with Gasteiger partial charge in [0.05, 0.1) is 24.5 Å². The molecule has 28 heavy (non-hydrogen) atoms. The molecule has 140 valence electrons. The molecule has 0 aliphatic carbocycles. The highest BCUT2D eigenvalue weighted by molar-refractivity contribution is 6.32. The maximum atomic E-state index is 12.6. The molecule has 3 heterocycles. The molecule has 1 N–H and O–H groups in total. The van der Waals surface area contributed by atoms with Crippen molar-refractivity contribution in [3.63, 3.8) is 0 Å². The minimum absolute atomic E-state index is 0.293. The number of rotatable bonds is 4. The van der Waals surface area contributed by atoms with Gasteiger partial charge in [-0.15, -0.1) is 0 Å². The van der Waals surface area contributed by atoms with Crippen LogP contribution >= 0.6 is 11.6 Å². The van der Waals surface area contributed by atoms with Crippen LogP contribution in [0.5, 0.6) is 5.75 Å². The van der Waals surface area contributed by atoms with E-state index in [1.54, 1.807) is 24.6 Å². The largest absolute Gasteiger partial charge is 0.497 e. The van der Waals surface area contributed by atoms with Crippen LogP contribution in [0.1, 0.15) is 21.7 Å². The van der Waals surface area contributed by atoms with E-state index in [1.165, 1.54) is 6.21 Å². The number of nitrogens with zero attached hydrogens (tertiary/aromatic N) is 4. The number of nitrogens with one attached hydrogen (secondary N) is 1. The molecule has 0 saturated carbocycles. The molecule has 1 amide bonds. The van der Waals surface area contributed by atoms with E-state index in [4.69, 9.17) is 16.3 Å². The van der Waals surface area contributed by atoms with Crippen LogP contribution in [-0.2, 0) is 0 Å². The predicted octanol–water partition coefficient (Wildman–Crippen LogP) is 3.62. The molecule has 0 bridgehead atoms. The third-order valence-electron chi connectivity index (χ3n) is 4.29. The first-order valence-electron chi connectivity index (χ1n) is 8.48. The summed E-state index contributed by atoms with van der Waals surface area (Å²) in [5, 5.41) is 5.18. The Morgan fingerprint density at radius 1 is 1.25 bits per heavy atom. The maximum absolute atomic E-state index is 12.6. The summed E-state index contributed by atoms with van der Waals surface area (Å²) in [6, 6.07) is 12.9. The first-order valence-corrected chi connectivity index (χ1v) is 8.86. The van der Waals surface area contributed by atoms with Gasteiger partial charge in [0.1, 0.15) is 22.2 Å². The van der Waals surface area contributed by atoms with Gasteiger partial charge in [0.25, 0.3) is 5.91 Å². The van der Waals surface area contributed by atoms with Gasteiger partial charge in [0.15, 0.2) is 0 Å². The van der Waals surface area contributed by atoms with Crippen molar-refractivity contribution in [3.8, 4) is 5.75 Å². The molecule has 0 unspecified atom stereocenters. The molecule has 0 atom stereocenters. The molecular formula is C20H16ClN5O2. The van der Waals surface area contributed by atoms with Crippen molar-refractivity contribution < 1.29 is 9.53 Å². The van der Waals surface area contributed by atoms with Gasteiger partial charge in [-0.05, 0) is 43.3 Å². The van der Waals surface area contributed by atoms with Gasteiger partial charge in [-0.1, -0.05) is 17.7 Å². The average molecular weight is 394 g/mol. The number of hydrazone groups is 1. The van der Waals surface area contributed by atoms with Gasteiger partial charge < -0.3 is 4.74 Å². The first-order chi connectivity index (χ1) is 13.6. The van der Waals surface area contributed by atoms with Crippen molar-refractivity contribution in [1.29, 1.82) is 0 Å². The quantitative estimate of drug-likeness (QED) is 0.326. The topological polar surface area (TPSA) is 80.9 Å². The normalized spacial score (nSPS) is 11.4. The number of benzene rings is 1. The minimum atomic E-state index is -0.362. The molecular weight excluding hydrogens is 378 g/mol. The summed E-state index contributed by atoms with van der Waals surface area (Å²) in [5.74, 6) is 0.356. The van der Waals surface area contributed by atoms with Crippen molar-refractivity contribution in [2.75, 3.05) is 7.11 Å². The summed E-state index contributed by atoms with van der Waals surface area (Å²) in [5.41, 5.74) is 5.60. The third kappa shape index (κ3) is 3.27. The zero-order valence-corrected chi connectivity index (χ0v) is 15.9. The van der Waals surface area contributed by atoms with Gasteiger partial charge in [0.2, 0.25) is 0 Å². The minimum Gasteiger partial charge on any atom is -0.497 e. The van der Waals surface area contributed by atoms with Crippen molar-refractivity contribution >= 4 is 40.3 Å². The van der Waals surface area contributed by atoms with Crippen molar-refractivity contribution in [1.82, 2.24) is 19.8 Å². The number of halogens is 1. The van der Waals surface area contributed by atoms with Crippen molar-refractivity contribution in [2.24, 2.45) is 5.10 Å². The molecule has 7 nitrogen and oxygen atoms in total. The SMILES string of the molecule is COc1ccc2nc(Cl)c(/C=N\NC(=O)c3c(C)nc4ccccn34)cc2c1. The summed E-state index contributed by atoms with van der Waals surface area (Å²) in [6.07, 6.45) is 3.25. The number of fused-ring (bicyclic) bond motifs is 2. The number of amides is 1.